The Bertz CT molecular complexity index is 722. The molecule has 9 atom stereocenters. The lowest BCUT2D eigenvalue weighted by Crippen LogP contribution is -2.54. The molecule has 0 aromatic carbocycles. The maximum absolute atomic E-state index is 12.2. The van der Waals surface area contributed by atoms with Gasteiger partial charge < -0.3 is 5.11 Å². The first-order chi connectivity index (χ1) is 15.2. The van der Waals surface area contributed by atoms with Gasteiger partial charge in [0.25, 0.3) is 0 Å². The molecule has 0 radical (unpaired) electrons. The van der Waals surface area contributed by atoms with Crippen LogP contribution >= 0.6 is 0 Å². The summed E-state index contributed by atoms with van der Waals surface area (Å²) in [5.41, 5.74) is 2.01. The average Bonchev–Trinajstić information content (AvgIpc) is 3.11. The van der Waals surface area contributed by atoms with Crippen molar-refractivity contribution in [2.75, 3.05) is 6.61 Å². The summed E-state index contributed by atoms with van der Waals surface area (Å²) in [7, 11) is 0. The van der Waals surface area contributed by atoms with Crippen molar-refractivity contribution in [2.24, 2.45) is 58.2 Å². The Morgan fingerprint density at radius 1 is 1.06 bits per heavy atom. The number of aliphatic hydroxyl groups excluding tert-OH is 1. The van der Waals surface area contributed by atoms with Gasteiger partial charge in [0.15, 0.2) is 5.78 Å². The van der Waals surface area contributed by atoms with E-state index in [1.807, 2.05) is 6.08 Å². The van der Waals surface area contributed by atoms with E-state index in [-0.39, 0.29) is 5.41 Å². The molecule has 182 valence electrons. The summed E-state index contributed by atoms with van der Waals surface area (Å²) in [5.74, 6) is 6.05. The van der Waals surface area contributed by atoms with Crippen LogP contribution in [-0.2, 0) is 4.79 Å². The molecule has 4 aliphatic carbocycles. The van der Waals surface area contributed by atoms with Crippen molar-refractivity contribution in [3.05, 3.63) is 11.6 Å². The number of rotatable bonds is 7. The molecule has 0 aliphatic heterocycles. The van der Waals surface area contributed by atoms with Crippen LogP contribution in [0.1, 0.15) is 106 Å². The third-order valence-corrected chi connectivity index (χ3v) is 11.6. The van der Waals surface area contributed by atoms with Crippen molar-refractivity contribution >= 4 is 5.78 Å². The summed E-state index contributed by atoms with van der Waals surface area (Å²) in [4.78, 5) is 12.2. The molecular weight excluding hydrogens is 392 g/mol. The van der Waals surface area contributed by atoms with Crippen LogP contribution in [0.25, 0.3) is 0 Å². The number of aliphatic hydroxyl groups is 1. The number of carbonyl (C=O) groups excluding carboxylic acids is 1. The van der Waals surface area contributed by atoms with Gasteiger partial charge in [-0.15, -0.1) is 0 Å². The first-order valence-electron chi connectivity index (χ1n) is 14.0. The lowest BCUT2D eigenvalue weighted by molar-refractivity contribution is -0.120. The van der Waals surface area contributed by atoms with E-state index in [2.05, 4.69) is 41.5 Å². The second-order valence-electron chi connectivity index (χ2n) is 13.2. The van der Waals surface area contributed by atoms with Gasteiger partial charge in [-0.1, -0.05) is 60.0 Å². The van der Waals surface area contributed by atoms with Crippen molar-refractivity contribution in [3.63, 3.8) is 0 Å². The molecule has 32 heavy (non-hydrogen) atoms. The minimum atomic E-state index is 0.195. The highest BCUT2D eigenvalue weighted by molar-refractivity contribution is 5.91. The Morgan fingerprint density at radius 3 is 2.47 bits per heavy atom. The molecule has 0 heterocycles. The number of fused-ring (bicyclic) bond motifs is 5. The highest BCUT2D eigenvalue weighted by Gasteiger charge is 2.61. The predicted molar refractivity (Wildman–Crippen MR) is 133 cm³/mol. The Balaban J connectivity index is 1.54. The van der Waals surface area contributed by atoms with E-state index >= 15 is 0 Å². The van der Waals surface area contributed by atoms with E-state index in [1.54, 1.807) is 0 Å². The number of carbonyl (C=O) groups is 1. The lowest BCUT2D eigenvalue weighted by atomic mass is 9.44. The van der Waals surface area contributed by atoms with Gasteiger partial charge in [-0.25, -0.2) is 0 Å². The second kappa shape index (κ2) is 9.20. The van der Waals surface area contributed by atoms with E-state index < -0.39 is 0 Å². The zero-order valence-electron chi connectivity index (χ0n) is 21.8. The Hall–Kier alpha value is -0.630. The van der Waals surface area contributed by atoms with Crippen molar-refractivity contribution in [3.8, 4) is 0 Å². The molecule has 0 amide bonds. The quantitative estimate of drug-likeness (QED) is 0.444. The minimum absolute atomic E-state index is 0.195. The molecule has 4 rings (SSSR count). The van der Waals surface area contributed by atoms with Crippen LogP contribution < -0.4 is 0 Å². The Labute approximate surface area is 198 Å². The monoisotopic (exact) mass is 442 g/mol. The van der Waals surface area contributed by atoms with E-state index in [9.17, 15) is 9.90 Å². The zero-order chi connectivity index (χ0) is 23.3. The van der Waals surface area contributed by atoms with Crippen LogP contribution in [0.3, 0.4) is 0 Å². The molecule has 0 aromatic rings. The van der Waals surface area contributed by atoms with Crippen LogP contribution in [0, 0.1) is 58.2 Å². The third kappa shape index (κ3) is 3.95. The van der Waals surface area contributed by atoms with Gasteiger partial charge in [0.05, 0.1) is 0 Å². The first-order valence-corrected chi connectivity index (χ1v) is 14.0. The molecule has 0 aromatic heterocycles. The average molecular weight is 443 g/mol. The number of allylic oxidation sites excluding steroid dienone is 1. The smallest absolute Gasteiger partial charge is 0.155 e. The molecule has 1 N–H and O–H groups in total. The van der Waals surface area contributed by atoms with E-state index in [0.29, 0.717) is 35.6 Å². The van der Waals surface area contributed by atoms with Crippen molar-refractivity contribution in [1.82, 2.24) is 0 Å². The highest BCUT2D eigenvalue weighted by atomic mass is 16.3. The largest absolute Gasteiger partial charge is 0.396 e. The molecular formula is C30H50O2. The van der Waals surface area contributed by atoms with Gasteiger partial charge in [-0.05, 0) is 109 Å². The molecule has 0 spiro atoms. The van der Waals surface area contributed by atoms with Crippen LogP contribution in [0.4, 0.5) is 0 Å². The lowest BCUT2D eigenvalue weighted by Gasteiger charge is -2.60. The van der Waals surface area contributed by atoms with Crippen LogP contribution in [-0.4, -0.2) is 17.5 Å². The second-order valence-corrected chi connectivity index (χ2v) is 13.2. The minimum Gasteiger partial charge on any atom is -0.396 e. The maximum Gasteiger partial charge on any atom is 0.155 e. The van der Waals surface area contributed by atoms with E-state index in [0.717, 1.165) is 48.9 Å². The number of hydrogen-bond donors (Lipinski definition) is 1. The van der Waals surface area contributed by atoms with Crippen molar-refractivity contribution < 1.29 is 9.90 Å². The fourth-order valence-corrected chi connectivity index (χ4v) is 9.55. The molecule has 2 nitrogen and oxygen atoms in total. The maximum atomic E-state index is 12.2. The summed E-state index contributed by atoms with van der Waals surface area (Å²) in [6, 6.07) is 0. The highest BCUT2D eigenvalue weighted by Crippen LogP contribution is 2.68. The normalized spacial score (nSPS) is 43.3. The van der Waals surface area contributed by atoms with E-state index in [1.165, 1.54) is 50.5 Å². The summed E-state index contributed by atoms with van der Waals surface area (Å²) in [6.07, 6.45) is 14.2. The fourth-order valence-electron chi connectivity index (χ4n) is 9.55. The van der Waals surface area contributed by atoms with Gasteiger partial charge in [0.2, 0.25) is 0 Å². The van der Waals surface area contributed by atoms with Gasteiger partial charge in [0, 0.05) is 13.0 Å². The summed E-state index contributed by atoms with van der Waals surface area (Å²) in [6.45, 7) is 15.1. The van der Waals surface area contributed by atoms with Gasteiger partial charge in [-0.2, -0.15) is 0 Å². The topological polar surface area (TPSA) is 37.3 Å². The zero-order valence-corrected chi connectivity index (χ0v) is 21.8. The summed E-state index contributed by atoms with van der Waals surface area (Å²) < 4.78 is 0. The molecule has 0 bridgehead atoms. The van der Waals surface area contributed by atoms with Gasteiger partial charge >= 0.3 is 0 Å². The van der Waals surface area contributed by atoms with Crippen molar-refractivity contribution in [1.29, 1.82) is 0 Å². The summed E-state index contributed by atoms with van der Waals surface area (Å²) >= 11 is 0. The number of ketones is 1. The SMILES string of the molecule is CC[C@H](CC[C@@H](C)[C@H]1CCC2[C@@H]3C(CO)CC4=CC(=O)CC[C@]4(C)C3CC[C@@]21C)C(C)C. The third-order valence-electron chi connectivity index (χ3n) is 11.6. The Kier molecular flexibility index (Phi) is 7.04. The fraction of sp³-hybridized carbons (Fsp3) is 0.900. The standard InChI is InChI=1S/C30H50O2/c1-7-21(19(2)3)9-8-20(4)25-10-11-26-28-22(18-31)16-23-17-24(32)12-14-29(23,5)27(28)13-15-30(25,26)6/h17,19-22,25-28,31H,7-16,18H2,1-6H3/t20-,21-,22?,25-,26?,27?,28+,29+,30-/m1/s1. The van der Waals surface area contributed by atoms with Crippen LogP contribution in [0.15, 0.2) is 11.6 Å². The molecule has 0 saturated heterocycles. The Morgan fingerprint density at radius 2 is 1.81 bits per heavy atom. The van der Waals surface area contributed by atoms with Gasteiger partial charge in [0.1, 0.15) is 0 Å². The van der Waals surface area contributed by atoms with Crippen LogP contribution in [0.5, 0.6) is 0 Å². The predicted octanol–water partition coefficient (Wildman–Crippen LogP) is 7.45. The first kappa shape index (κ1) is 24.5. The molecule has 3 saturated carbocycles. The molecule has 4 aliphatic rings. The summed E-state index contributed by atoms with van der Waals surface area (Å²) in [5, 5.41) is 10.5. The molecule has 2 heteroatoms. The molecule has 3 fully saturated rings. The van der Waals surface area contributed by atoms with Gasteiger partial charge in [-0.3, -0.25) is 4.79 Å². The number of hydrogen-bond acceptors (Lipinski definition) is 2. The van der Waals surface area contributed by atoms with Crippen molar-refractivity contribution in [2.45, 2.75) is 106 Å². The molecule has 3 unspecified atom stereocenters. The van der Waals surface area contributed by atoms with E-state index in [4.69, 9.17) is 0 Å². The van der Waals surface area contributed by atoms with Crippen LogP contribution in [0.2, 0.25) is 0 Å².